The van der Waals surface area contributed by atoms with Gasteiger partial charge in [-0.15, -0.1) is 0 Å². The maximum Gasteiger partial charge on any atom is 0.159 e. The second-order valence-corrected chi connectivity index (χ2v) is 5.27. The monoisotopic (exact) mass is 250 g/mol. The third kappa shape index (κ3) is 3.91. The molecule has 0 bridgehead atoms. The minimum absolute atomic E-state index is 0.0892. The molecule has 0 saturated carbocycles. The van der Waals surface area contributed by atoms with Crippen LogP contribution in [0, 0.1) is 11.8 Å². The first-order chi connectivity index (χ1) is 8.45. The van der Waals surface area contributed by atoms with Crippen molar-refractivity contribution < 1.29 is 14.7 Å². The highest BCUT2D eigenvalue weighted by Gasteiger charge is 2.30. The Labute approximate surface area is 109 Å². The number of hydrogen-bond donors (Lipinski definition) is 1. The fraction of sp³-hybridized carbons (Fsp3) is 0.600. The Bertz CT molecular complexity index is 379. The van der Waals surface area contributed by atoms with Crippen LogP contribution in [0.5, 0.6) is 0 Å². The van der Waals surface area contributed by atoms with Crippen molar-refractivity contribution in [3.05, 3.63) is 23.3 Å². The van der Waals surface area contributed by atoms with E-state index in [1.807, 2.05) is 13.0 Å². The summed E-state index contributed by atoms with van der Waals surface area (Å²) in [6.45, 7) is 5.60. The molecule has 0 heterocycles. The van der Waals surface area contributed by atoms with E-state index >= 15 is 0 Å². The third-order valence-electron chi connectivity index (χ3n) is 3.70. The lowest BCUT2D eigenvalue weighted by molar-refractivity contribution is -0.121. The third-order valence-corrected chi connectivity index (χ3v) is 3.70. The molecule has 0 unspecified atom stereocenters. The van der Waals surface area contributed by atoms with Gasteiger partial charge in [0.25, 0.3) is 0 Å². The van der Waals surface area contributed by atoms with Gasteiger partial charge in [-0.05, 0) is 56.3 Å². The van der Waals surface area contributed by atoms with Crippen molar-refractivity contribution in [3.8, 4) is 0 Å². The van der Waals surface area contributed by atoms with Crippen LogP contribution in [-0.4, -0.2) is 23.3 Å². The summed E-state index contributed by atoms with van der Waals surface area (Å²) in [7, 11) is 0. The Morgan fingerprint density at radius 2 is 2.28 bits per heavy atom. The normalized spacial score (nSPS) is 26.8. The van der Waals surface area contributed by atoms with Gasteiger partial charge in [0.15, 0.2) is 5.78 Å². The summed E-state index contributed by atoms with van der Waals surface area (Å²) in [5.41, 5.74) is 1.49. The fourth-order valence-electron chi connectivity index (χ4n) is 2.31. The van der Waals surface area contributed by atoms with Gasteiger partial charge in [0.2, 0.25) is 0 Å². The SMILES string of the molecule is CC1=CC(=O)[C@@H]([C@H](C)CC/C=C(\C)C=O)C[C@@H]1O. The average Bonchev–Trinajstić information content (AvgIpc) is 2.33. The molecule has 3 heteroatoms. The van der Waals surface area contributed by atoms with Crippen LogP contribution in [0.4, 0.5) is 0 Å². The molecular formula is C15H22O3. The highest BCUT2D eigenvalue weighted by molar-refractivity contribution is 5.93. The number of rotatable bonds is 5. The molecule has 0 fully saturated rings. The topological polar surface area (TPSA) is 54.4 Å². The quantitative estimate of drug-likeness (QED) is 0.602. The molecule has 1 aliphatic carbocycles. The van der Waals surface area contributed by atoms with Crippen LogP contribution in [0.1, 0.15) is 40.0 Å². The molecule has 0 aromatic rings. The molecule has 0 saturated heterocycles. The molecule has 0 amide bonds. The van der Waals surface area contributed by atoms with Gasteiger partial charge in [-0.1, -0.05) is 13.0 Å². The number of aliphatic hydroxyl groups is 1. The Morgan fingerprint density at radius 1 is 1.61 bits per heavy atom. The van der Waals surface area contributed by atoms with Gasteiger partial charge in [0.1, 0.15) is 6.29 Å². The number of carbonyl (C=O) groups is 2. The summed E-state index contributed by atoms with van der Waals surface area (Å²) in [6, 6.07) is 0. The van der Waals surface area contributed by atoms with E-state index in [0.29, 0.717) is 6.42 Å². The molecule has 0 aromatic heterocycles. The lowest BCUT2D eigenvalue weighted by Gasteiger charge is -2.28. The first kappa shape index (κ1) is 14.8. The molecule has 100 valence electrons. The predicted molar refractivity (Wildman–Crippen MR) is 71.1 cm³/mol. The maximum atomic E-state index is 11.9. The van der Waals surface area contributed by atoms with Crippen molar-refractivity contribution in [2.75, 3.05) is 0 Å². The van der Waals surface area contributed by atoms with E-state index in [-0.39, 0.29) is 17.6 Å². The number of carbonyl (C=O) groups excluding carboxylic acids is 2. The van der Waals surface area contributed by atoms with Crippen LogP contribution in [0.25, 0.3) is 0 Å². The molecule has 0 aliphatic heterocycles. The van der Waals surface area contributed by atoms with Crippen molar-refractivity contribution in [2.24, 2.45) is 11.8 Å². The van der Waals surface area contributed by atoms with Gasteiger partial charge < -0.3 is 5.11 Å². The first-order valence-corrected chi connectivity index (χ1v) is 6.47. The summed E-state index contributed by atoms with van der Waals surface area (Å²) < 4.78 is 0. The largest absolute Gasteiger partial charge is 0.389 e. The van der Waals surface area contributed by atoms with Gasteiger partial charge in [-0.25, -0.2) is 0 Å². The average molecular weight is 250 g/mol. The molecule has 1 aliphatic rings. The molecular weight excluding hydrogens is 228 g/mol. The zero-order chi connectivity index (χ0) is 13.7. The molecule has 0 radical (unpaired) electrons. The Hall–Kier alpha value is -1.22. The van der Waals surface area contributed by atoms with Gasteiger partial charge >= 0.3 is 0 Å². The number of aliphatic hydroxyl groups excluding tert-OH is 1. The van der Waals surface area contributed by atoms with E-state index < -0.39 is 6.10 Å². The molecule has 1 rings (SSSR count). The first-order valence-electron chi connectivity index (χ1n) is 6.47. The maximum absolute atomic E-state index is 11.9. The second kappa shape index (κ2) is 6.64. The van der Waals surface area contributed by atoms with Gasteiger partial charge in [0, 0.05) is 5.92 Å². The van der Waals surface area contributed by atoms with E-state index in [9.17, 15) is 14.7 Å². The second-order valence-electron chi connectivity index (χ2n) is 5.27. The predicted octanol–water partition coefficient (Wildman–Crippen LogP) is 2.44. The molecule has 1 N–H and O–H groups in total. The lowest BCUT2D eigenvalue weighted by atomic mass is 9.78. The van der Waals surface area contributed by atoms with Crippen LogP contribution in [-0.2, 0) is 9.59 Å². The van der Waals surface area contributed by atoms with Crippen LogP contribution < -0.4 is 0 Å². The van der Waals surface area contributed by atoms with E-state index in [2.05, 4.69) is 0 Å². The van der Waals surface area contributed by atoms with Crippen molar-refractivity contribution in [2.45, 2.75) is 46.1 Å². The minimum atomic E-state index is -0.484. The van der Waals surface area contributed by atoms with E-state index in [1.165, 1.54) is 0 Å². The molecule has 0 aromatic carbocycles. The zero-order valence-corrected chi connectivity index (χ0v) is 11.3. The highest BCUT2D eigenvalue weighted by atomic mass is 16.3. The van der Waals surface area contributed by atoms with E-state index in [1.54, 1.807) is 19.9 Å². The highest BCUT2D eigenvalue weighted by Crippen LogP contribution is 2.29. The number of aldehydes is 1. The molecule has 3 atom stereocenters. The fourth-order valence-corrected chi connectivity index (χ4v) is 2.31. The summed E-state index contributed by atoms with van der Waals surface area (Å²) >= 11 is 0. The minimum Gasteiger partial charge on any atom is -0.389 e. The van der Waals surface area contributed by atoms with Crippen LogP contribution >= 0.6 is 0 Å². The van der Waals surface area contributed by atoms with Crippen molar-refractivity contribution in [3.63, 3.8) is 0 Å². The van der Waals surface area contributed by atoms with Crippen molar-refractivity contribution >= 4 is 12.1 Å². The van der Waals surface area contributed by atoms with Crippen LogP contribution in [0.15, 0.2) is 23.3 Å². The lowest BCUT2D eigenvalue weighted by Crippen LogP contribution is -2.30. The number of hydrogen-bond acceptors (Lipinski definition) is 3. The standard InChI is InChI=1S/C15H22O3/c1-10(9-16)5-4-6-11(2)13-8-14(17)12(3)7-15(13)18/h5,7,9,11,13-14,17H,4,6,8H2,1-3H3/b10-5+/t11-,13-,14+/m1/s1. The molecule has 18 heavy (non-hydrogen) atoms. The van der Waals surface area contributed by atoms with Crippen molar-refractivity contribution in [1.82, 2.24) is 0 Å². The Balaban J connectivity index is 2.55. The smallest absolute Gasteiger partial charge is 0.159 e. The van der Waals surface area contributed by atoms with Crippen LogP contribution in [0.3, 0.4) is 0 Å². The van der Waals surface area contributed by atoms with Crippen molar-refractivity contribution in [1.29, 1.82) is 0 Å². The Kier molecular flexibility index (Phi) is 5.48. The molecule has 0 spiro atoms. The number of ketones is 1. The summed E-state index contributed by atoms with van der Waals surface area (Å²) in [5, 5.41) is 9.79. The molecule has 3 nitrogen and oxygen atoms in total. The van der Waals surface area contributed by atoms with Gasteiger partial charge in [0.05, 0.1) is 6.10 Å². The number of allylic oxidation sites excluding steroid dienone is 3. The summed E-state index contributed by atoms with van der Waals surface area (Å²) in [4.78, 5) is 22.3. The zero-order valence-electron chi connectivity index (χ0n) is 11.3. The van der Waals surface area contributed by atoms with E-state index in [0.717, 1.165) is 30.3 Å². The summed E-state index contributed by atoms with van der Waals surface area (Å²) in [6.07, 6.45) is 6.01. The Morgan fingerprint density at radius 3 is 2.89 bits per heavy atom. The van der Waals surface area contributed by atoms with Gasteiger partial charge in [-0.2, -0.15) is 0 Å². The van der Waals surface area contributed by atoms with Crippen LogP contribution in [0.2, 0.25) is 0 Å². The van der Waals surface area contributed by atoms with E-state index in [4.69, 9.17) is 0 Å². The summed E-state index contributed by atoms with van der Waals surface area (Å²) in [5.74, 6) is 0.266. The van der Waals surface area contributed by atoms with Gasteiger partial charge in [-0.3, -0.25) is 9.59 Å².